The van der Waals surface area contributed by atoms with Gasteiger partial charge in [0, 0.05) is 28.6 Å². The number of hydrogen-bond donors (Lipinski definition) is 1. The third-order valence-electron chi connectivity index (χ3n) is 9.81. The second kappa shape index (κ2) is 12.4. The summed E-state index contributed by atoms with van der Waals surface area (Å²) in [5.74, 6) is -0.170. The zero-order valence-electron chi connectivity index (χ0n) is 28.1. The Bertz CT molecular complexity index is 2420. The van der Waals surface area contributed by atoms with Crippen LogP contribution >= 0.6 is 0 Å². The molecule has 7 aromatic rings. The molecule has 9 heteroatoms. The van der Waals surface area contributed by atoms with Crippen LogP contribution in [0, 0.1) is 0 Å². The summed E-state index contributed by atoms with van der Waals surface area (Å²) >= 11 is 0. The molecule has 0 bridgehead atoms. The summed E-state index contributed by atoms with van der Waals surface area (Å²) in [6.45, 7) is 3.62. The summed E-state index contributed by atoms with van der Waals surface area (Å²) in [4.78, 5) is 26.4. The number of sulfone groups is 1. The normalized spacial score (nSPS) is 13.2. The highest BCUT2D eigenvalue weighted by atomic mass is 32.2. The van der Waals surface area contributed by atoms with E-state index in [1.165, 1.54) is 0 Å². The Morgan fingerprint density at radius 1 is 0.745 bits per heavy atom. The van der Waals surface area contributed by atoms with Crippen LogP contribution in [0.25, 0.3) is 22.4 Å². The predicted octanol–water partition coefficient (Wildman–Crippen LogP) is 7.86. The van der Waals surface area contributed by atoms with Crippen LogP contribution in [0.3, 0.4) is 0 Å². The number of anilines is 2. The summed E-state index contributed by atoms with van der Waals surface area (Å²) in [7, 11) is -3.45. The molecule has 3 heterocycles. The average molecular weight is 690 g/mol. The minimum Gasteiger partial charge on any atom is -0.398 e. The molecule has 0 spiro atoms. The first-order valence-electron chi connectivity index (χ1n) is 16.8. The van der Waals surface area contributed by atoms with Crippen LogP contribution in [0.5, 0.6) is 0 Å². The molecule has 0 radical (unpaired) electrons. The van der Waals surface area contributed by atoms with Crippen molar-refractivity contribution < 1.29 is 13.2 Å². The highest BCUT2D eigenvalue weighted by Crippen LogP contribution is 2.46. The molecule has 1 aliphatic rings. The third kappa shape index (κ3) is 5.11. The molecule has 0 atom stereocenters. The standard InChI is InChI=1S/C42H35N5O3S/c1-28(2)51(49,50)33-23-21-29(22-24-33)37-25-44-40-39(45-37)38(46-26-35-34(41(46)48)19-12-20-36(35)43)27-47(40)42(30-13-6-3-7-14-30,31-15-8-4-9-16-31)32-17-10-5-11-18-32/h3-25,27-28H,26,43H2,1-2H3. The second-order valence-corrected chi connectivity index (χ2v) is 15.5. The number of hydrogen-bond acceptors (Lipinski definition) is 6. The van der Waals surface area contributed by atoms with E-state index in [0.717, 1.165) is 22.3 Å². The van der Waals surface area contributed by atoms with E-state index in [0.29, 0.717) is 39.4 Å². The molecule has 5 aromatic carbocycles. The monoisotopic (exact) mass is 689 g/mol. The van der Waals surface area contributed by atoms with Gasteiger partial charge in [0.25, 0.3) is 5.91 Å². The first-order chi connectivity index (χ1) is 24.7. The molecule has 8 nitrogen and oxygen atoms in total. The van der Waals surface area contributed by atoms with Crippen molar-refractivity contribution in [3.8, 4) is 11.3 Å². The Hall–Kier alpha value is -6.06. The van der Waals surface area contributed by atoms with E-state index in [1.54, 1.807) is 61.3 Å². The van der Waals surface area contributed by atoms with Crippen LogP contribution in [-0.4, -0.2) is 34.1 Å². The van der Waals surface area contributed by atoms with Gasteiger partial charge in [-0.05, 0) is 54.8 Å². The second-order valence-electron chi connectivity index (χ2n) is 13.0. The SMILES string of the molecule is CC(C)S(=O)(=O)c1ccc(-c2cnc3c(n2)c(N2Cc4c(N)cccc4C2=O)cn3C(c2ccccc2)(c2ccccc2)c2ccccc2)cc1. The summed E-state index contributed by atoms with van der Waals surface area (Å²) in [5.41, 5.74) is 13.3. The van der Waals surface area contributed by atoms with Gasteiger partial charge in [-0.3, -0.25) is 4.79 Å². The van der Waals surface area contributed by atoms with Crippen molar-refractivity contribution in [1.29, 1.82) is 0 Å². The largest absolute Gasteiger partial charge is 0.398 e. The molecule has 0 fully saturated rings. The minimum absolute atomic E-state index is 0.170. The van der Waals surface area contributed by atoms with Crippen LogP contribution in [0.2, 0.25) is 0 Å². The third-order valence-corrected chi connectivity index (χ3v) is 12.0. The molecule has 2 aromatic heterocycles. The number of fused-ring (bicyclic) bond motifs is 2. The average Bonchev–Trinajstić information content (AvgIpc) is 3.71. The first-order valence-corrected chi connectivity index (χ1v) is 18.3. The summed E-state index contributed by atoms with van der Waals surface area (Å²) < 4.78 is 27.9. The van der Waals surface area contributed by atoms with Gasteiger partial charge in [0.05, 0.1) is 34.3 Å². The van der Waals surface area contributed by atoms with E-state index in [4.69, 9.17) is 15.7 Å². The molecule has 252 valence electrons. The van der Waals surface area contributed by atoms with Crippen LogP contribution in [0.1, 0.15) is 46.5 Å². The predicted molar refractivity (Wildman–Crippen MR) is 201 cm³/mol. The highest BCUT2D eigenvalue weighted by molar-refractivity contribution is 7.92. The summed E-state index contributed by atoms with van der Waals surface area (Å²) in [6.07, 6.45) is 3.69. The number of nitrogen functional groups attached to an aromatic ring is 1. The Labute approximate surface area is 296 Å². The smallest absolute Gasteiger partial charge is 0.259 e. The van der Waals surface area contributed by atoms with Crippen molar-refractivity contribution in [1.82, 2.24) is 14.5 Å². The Balaban J connectivity index is 1.42. The number of aromatic nitrogens is 3. The van der Waals surface area contributed by atoms with Gasteiger partial charge < -0.3 is 15.2 Å². The van der Waals surface area contributed by atoms with E-state index in [9.17, 15) is 13.2 Å². The first kappa shape index (κ1) is 32.2. The Morgan fingerprint density at radius 3 is 1.84 bits per heavy atom. The van der Waals surface area contributed by atoms with Gasteiger partial charge in [0.15, 0.2) is 15.5 Å². The van der Waals surface area contributed by atoms with Crippen molar-refractivity contribution in [3.63, 3.8) is 0 Å². The molecule has 1 amide bonds. The zero-order chi connectivity index (χ0) is 35.3. The number of rotatable bonds is 8. The van der Waals surface area contributed by atoms with Crippen LogP contribution in [0.4, 0.5) is 11.4 Å². The van der Waals surface area contributed by atoms with Gasteiger partial charge in [0.1, 0.15) is 11.1 Å². The number of carbonyl (C=O) groups excluding carboxylic acids is 1. The lowest BCUT2D eigenvalue weighted by atomic mass is 9.76. The van der Waals surface area contributed by atoms with Gasteiger partial charge in [-0.15, -0.1) is 0 Å². The van der Waals surface area contributed by atoms with Crippen molar-refractivity contribution in [3.05, 3.63) is 174 Å². The quantitative estimate of drug-likeness (QED) is 0.129. The van der Waals surface area contributed by atoms with Crippen LogP contribution in [0.15, 0.2) is 151 Å². The fourth-order valence-corrected chi connectivity index (χ4v) is 8.22. The fourth-order valence-electron chi connectivity index (χ4n) is 7.16. The Kier molecular flexibility index (Phi) is 7.80. The molecule has 0 saturated heterocycles. The van der Waals surface area contributed by atoms with E-state index >= 15 is 0 Å². The van der Waals surface area contributed by atoms with Gasteiger partial charge in [-0.25, -0.2) is 18.4 Å². The van der Waals surface area contributed by atoms with Crippen LogP contribution in [-0.2, 0) is 21.9 Å². The molecule has 2 N–H and O–H groups in total. The number of nitrogens with zero attached hydrogens (tertiary/aromatic N) is 4. The molecule has 0 aliphatic carbocycles. The molecule has 8 rings (SSSR count). The van der Waals surface area contributed by atoms with Gasteiger partial charge in [0.2, 0.25) is 0 Å². The Morgan fingerprint density at radius 2 is 1.31 bits per heavy atom. The number of benzene rings is 5. The maximum atomic E-state index is 14.2. The summed E-state index contributed by atoms with van der Waals surface area (Å²) in [6, 6.07) is 42.9. The van der Waals surface area contributed by atoms with Crippen molar-refractivity contribution in [2.45, 2.75) is 36.1 Å². The van der Waals surface area contributed by atoms with Gasteiger partial charge >= 0.3 is 0 Å². The minimum atomic E-state index is -3.45. The lowest BCUT2D eigenvalue weighted by molar-refractivity contribution is 0.0996. The maximum Gasteiger partial charge on any atom is 0.259 e. The molecule has 0 saturated carbocycles. The number of carbonyl (C=O) groups is 1. The highest BCUT2D eigenvalue weighted by Gasteiger charge is 2.42. The van der Waals surface area contributed by atoms with E-state index in [-0.39, 0.29) is 17.3 Å². The zero-order valence-corrected chi connectivity index (χ0v) is 29.0. The van der Waals surface area contributed by atoms with E-state index in [2.05, 4.69) is 41.0 Å². The van der Waals surface area contributed by atoms with Crippen molar-refractivity contribution in [2.24, 2.45) is 0 Å². The molecule has 51 heavy (non-hydrogen) atoms. The van der Waals surface area contributed by atoms with Gasteiger partial charge in [-0.1, -0.05) is 109 Å². The molecule has 0 unspecified atom stereocenters. The summed E-state index contributed by atoms with van der Waals surface area (Å²) in [5, 5.41) is -0.544. The number of nitrogens with two attached hydrogens (primary N) is 1. The van der Waals surface area contributed by atoms with Crippen molar-refractivity contribution in [2.75, 3.05) is 10.6 Å². The molecule has 1 aliphatic heterocycles. The lowest BCUT2D eigenvalue weighted by Gasteiger charge is -2.38. The van der Waals surface area contributed by atoms with Gasteiger partial charge in [-0.2, -0.15) is 0 Å². The van der Waals surface area contributed by atoms with Crippen molar-refractivity contribution >= 4 is 38.3 Å². The van der Waals surface area contributed by atoms with E-state index < -0.39 is 20.6 Å². The fraction of sp³-hybridized carbons (Fsp3) is 0.119. The molecular formula is C42H35N5O3S. The lowest BCUT2D eigenvalue weighted by Crippen LogP contribution is -2.37. The maximum absolute atomic E-state index is 14.2. The number of amides is 1. The van der Waals surface area contributed by atoms with E-state index in [1.807, 2.05) is 66.9 Å². The molecular weight excluding hydrogens is 655 g/mol. The topological polar surface area (TPSA) is 111 Å². The van der Waals surface area contributed by atoms with Crippen LogP contribution < -0.4 is 10.6 Å².